The molecule has 0 radical (unpaired) electrons. The van der Waals surface area contributed by atoms with Gasteiger partial charge in [-0.25, -0.2) is 0 Å². The molecule has 1 aromatic carbocycles. The maximum Gasteiger partial charge on any atom is 0.119 e. The van der Waals surface area contributed by atoms with Crippen LogP contribution in [0.15, 0.2) is 36.7 Å². The molecule has 1 atom stereocenters. The summed E-state index contributed by atoms with van der Waals surface area (Å²) in [4.78, 5) is 2.53. The molecule has 5 nitrogen and oxygen atoms in total. The summed E-state index contributed by atoms with van der Waals surface area (Å²) >= 11 is 0. The zero-order valence-electron chi connectivity index (χ0n) is 13.5. The van der Waals surface area contributed by atoms with Crippen LogP contribution in [0, 0.1) is 11.3 Å². The van der Waals surface area contributed by atoms with Gasteiger partial charge < -0.3 is 4.74 Å². The van der Waals surface area contributed by atoms with Gasteiger partial charge in [-0.05, 0) is 50.1 Å². The molecular weight excluding hydrogens is 288 g/mol. The van der Waals surface area contributed by atoms with Crippen molar-refractivity contribution in [3.05, 3.63) is 47.8 Å². The lowest BCUT2D eigenvalue weighted by Gasteiger charge is -2.23. The molecule has 5 heteroatoms. The minimum Gasteiger partial charge on any atom is -0.494 e. The molecule has 0 N–H and O–H groups in total. The Morgan fingerprint density at radius 2 is 2.17 bits per heavy atom. The van der Waals surface area contributed by atoms with Crippen LogP contribution in [0.2, 0.25) is 0 Å². The molecule has 0 spiro atoms. The van der Waals surface area contributed by atoms with Crippen molar-refractivity contribution in [2.45, 2.75) is 25.3 Å². The Hall–Kier alpha value is -2.32. The number of ether oxygens (including phenoxy) is 1. The van der Waals surface area contributed by atoms with E-state index >= 15 is 0 Å². The van der Waals surface area contributed by atoms with Crippen molar-refractivity contribution in [2.24, 2.45) is 7.05 Å². The summed E-state index contributed by atoms with van der Waals surface area (Å²) < 4.78 is 7.63. The first kappa shape index (κ1) is 15.6. The highest BCUT2D eigenvalue weighted by molar-refractivity contribution is 5.34. The summed E-state index contributed by atoms with van der Waals surface area (Å²) in [6.07, 6.45) is 7.56. The molecule has 1 aliphatic heterocycles. The lowest BCUT2D eigenvalue weighted by Crippen LogP contribution is -2.25. The van der Waals surface area contributed by atoms with E-state index in [0.717, 1.165) is 25.3 Å². The van der Waals surface area contributed by atoms with Crippen LogP contribution < -0.4 is 4.74 Å². The number of hydrogen-bond acceptors (Lipinski definition) is 4. The average molecular weight is 310 g/mol. The van der Waals surface area contributed by atoms with Crippen molar-refractivity contribution in [3.63, 3.8) is 0 Å². The van der Waals surface area contributed by atoms with Crippen molar-refractivity contribution >= 4 is 0 Å². The van der Waals surface area contributed by atoms with Gasteiger partial charge >= 0.3 is 0 Å². The molecule has 1 saturated heterocycles. The van der Waals surface area contributed by atoms with Gasteiger partial charge in [0.05, 0.1) is 24.4 Å². The molecule has 120 valence electrons. The maximum absolute atomic E-state index is 8.78. The minimum atomic E-state index is 0.499. The predicted octanol–water partition coefficient (Wildman–Crippen LogP) is 2.90. The molecule has 1 aliphatic rings. The van der Waals surface area contributed by atoms with Crippen LogP contribution in [-0.4, -0.2) is 34.4 Å². The maximum atomic E-state index is 8.78. The molecule has 2 heterocycles. The highest BCUT2D eigenvalue weighted by Gasteiger charge is 2.26. The molecule has 1 fully saturated rings. The number of aryl methyl sites for hydroxylation is 1. The van der Waals surface area contributed by atoms with Crippen LogP contribution in [-0.2, 0) is 7.05 Å². The lowest BCUT2D eigenvalue weighted by molar-refractivity contribution is 0.222. The van der Waals surface area contributed by atoms with Gasteiger partial charge in [0.25, 0.3) is 0 Å². The van der Waals surface area contributed by atoms with Gasteiger partial charge in [-0.2, -0.15) is 10.4 Å². The van der Waals surface area contributed by atoms with E-state index in [1.54, 1.807) is 12.1 Å². The fourth-order valence-electron chi connectivity index (χ4n) is 3.17. The highest BCUT2D eigenvalue weighted by Crippen LogP contribution is 2.31. The van der Waals surface area contributed by atoms with Gasteiger partial charge in [-0.3, -0.25) is 9.58 Å². The van der Waals surface area contributed by atoms with E-state index in [1.807, 2.05) is 30.1 Å². The van der Waals surface area contributed by atoms with Crippen molar-refractivity contribution in [1.29, 1.82) is 5.26 Å². The minimum absolute atomic E-state index is 0.499. The third kappa shape index (κ3) is 3.91. The van der Waals surface area contributed by atoms with Crippen molar-refractivity contribution in [2.75, 3.05) is 19.7 Å². The second-order valence-electron chi connectivity index (χ2n) is 5.98. The molecule has 0 amide bonds. The molecule has 0 bridgehead atoms. The second-order valence-corrected chi connectivity index (χ2v) is 5.98. The number of nitriles is 1. The molecular formula is C18H22N4O. The number of rotatable bonds is 6. The van der Waals surface area contributed by atoms with Crippen molar-refractivity contribution in [3.8, 4) is 11.8 Å². The van der Waals surface area contributed by atoms with E-state index in [4.69, 9.17) is 10.00 Å². The van der Waals surface area contributed by atoms with Crippen LogP contribution in [0.5, 0.6) is 5.75 Å². The Labute approximate surface area is 137 Å². The first-order valence-electron chi connectivity index (χ1n) is 8.12. The molecule has 1 aromatic heterocycles. The average Bonchev–Trinajstić information content (AvgIpc) is 3.20. The van der Waals surface area contributed by atoms with E-state index in [1.165, 1.54) is 18.4 Å². The molecule has 3 rings (SSSR count). The summed E-state index contributed by atoms with van der Waals surface area (Å²) in [5.74, 6) is 0.828. The quantitative estimate of drug-likeness (QED) is 0.770. The predicted molar refractivity (Wildman–Crippen MR) is 88.0 cm³/mol. The first-order chi connectivity index (χ1) is 11.3. The highest BCUT2D eigenvalue weighted by atomic mass is 16.5. The number of hydrogen-bond donors (Lipinski definition) is 0. The topological polar surface area (TPSA) is 54.1 Å². The zero-order chi connectivity index (χ0) is 16.1. The Bertz CT molecular complexity index is 671. The molecule has 23 heavy (non-hydrogen) atoms. The lowest BCUT2D eigenvalue weighted by atomic mass is 10.1. The second kappa shape index (κ2) is 7.30. The number of aromatic nitrogens is 2. The Morgan fingerprint density at radius 1 is 1.35 bits per heavy atom. The van der Waals surface area contributed by atoms with Gasteiger partial charge in [-0.15, -0.1) is 0 Å². The number of nitrogens with zero attached hydrogens (tertiary/aromatic N) is 4. The van der Waals surface area contributed by atoms with Crippen LogP contribution in [0.25, 0.3) is 0 Å². The standard InChI is InChI=1S/C18H22N4O/c1-21-14-16(13-20-21)18-4-2-9-22(18)10-3-11-23-17-7-5-15(12-19)6-8-17/h5-8,13-14,18H,2-4,9-11H2,1H3. The van der Waals surface area contributed by atoms with Gasteiger partial charge in [0.1, 0.15) is 5.75 Å². The third-order valence-corrected chi connectivity index (χ3v) is 4.32. The SMILES string of the molecule is Cn1cc(C2CCCN2CCCOc2ccc(C#N)cc2)cn1. The van der Waals surface area contributed by atoms with Gasteiger partial charge in [0.15, 0.2) is 0 Å². The van der Waals surface area contributed by atoms with E-state index in [2.05, 4.69) is 22.3 Å². The summed E-state index contributed by atoms with van der Waals surface area (Å²) in [5.41, 5.74) is 1.98. The molecule has 0 aliphatic carbocycles. The van der Waals surface area contributed by atoms with E-state index in [9.17, 15) is 0 Å². The van der Waals surface area contributed by atoms with E-state index in [-0.39, 0.29) is 0 Å². The fraction of sp³-hybridized carbons (Fsp3) is 0.444. The zero-order valence-corrected chi connectivity index (χ0v) is 13.5. The van der Waals surface area contributed by atoms with Crippen LogP contribution >= 0.6 is 0 Å². The first-order valence-corrected chi connectivity index (χ1v) is 8.12. The van der Waals surface area contributed by atoms with Crippen LogP contribution in [0.3, 0.4) is 0 Å². The van der Waals surface area contributed by atoms with Crippen molar-refractivity contribution in [1.82, 2.24) is 14.7 Å². The number of likely N-dealkylation sites (tertiary alicyclic amines) is 1. The van der Waals surface area contributed by atoms with Gasteiger partial charge in [0, 0.05) is 31.4 Å². The van der Waals surface area contributed by atoms with E-state index < -0.39 is 0 Å². The Kier molecular flexibility index (Phi) is 4.94. The van der Waals surface area contributed by atoms with Gasteiger partial charge in [0.2, 0.25) is 0 Å². The smallest absolute Gasteiger partial charge is 0.119 e. The van der Waals surface area contributed by atoms with Crippen LogP contribution in [0.1, 0.15) is 36.4 Å². The van der Waals surface area contributed by atoms with Gasteiger partial charge in [-0.1, -0.05) is 0 Å². The van der Waals surface area contributed by atoms with Crippen molar-refractivity contribution < 1.29 is 4.74 Å². The third-order valence-electron chi connectivity index (χ3n) is 4.32. The van der Waals surface area contributed by atoms with E-state index in [0.29, 0.717) is 18.2 Å². The summed E-state index contributed by atoms with van der Waals surface area (Å²) in [6, 6.07) is 9.89. The summed E-state index contributed by atoms with van der Waals surface area (Å²) in [7, 11) is 1.97. The Balaban J connectivity index is 1.45. The Morgan fingerprint density at radius 3 is 2.87 bits per heavy atom. The summed E-state index contributed by atoms with van der Waals surface area (Å²) in [6.45, 7) is 2.88. The number of benzene rings is 1. The fourth-order valence-corrected chi connectivity index (χ4v) is 3.17. The summed E-state index contributed by atoms with van der Waals surface area (Å²) in [5, 5.41) is 13.1. The largest absolute Gasteiger partial charge is 0.494 e. The molecule has 1 unspecified atom stereocenters. The molecule has 0 saturated carbocycles. The monoisotopic (exact) mass is 310 g/mol. The molecule has 2 aromatic rings. The normalized spacial score (nSPS) is 18.0. The van der Waals surface area contributed by atoms with Crippen LogP contribution in [0.4, 0.5) is 0 Å².